The quantitative estimate of drug-likeness (QED) is 0.245. The van der Waals surface area contributed by atoms with E-state index in [1.807, 2.05) is 13.8 Å². The largest absolute Gasteiger partial charge is 0.481 e. The molecule has 5 heteroatoms. The minimum absolute atomic E-state index is 0.0174. The van der Waals surface area contributed by atoms with Gasteiger partial charge in [0.2, 0.25) is 0 Å². The molecular weight excluding hydrogens is 558 g/mol. The molecule has 9 atom stereocenters. The zero-order valence-corrected chi connectivity index (χ0v) is 30.3. The van der Waals surface area contributed by atoms with Crippen LogP contribution in [-0.2, 0) is 14.3 Å². The van der Waals surface area contributed by atoms with Gasteiger partial charge in [0.1, 0.15) is 6.10 Å². The molecule has 6 saturated carbocycles. The van der Waals surface area contributed by atoms with Crippen LogP contribution in [-0.4, -0.2) is 47.2 Å². The number of nitrogens with zero attached hydrogens (tertiary/aromatic N) is 1. The van der Waals surface area contributed by atoms with E-state index in [1.54, 1.807) is 0 Å². The van der Waals surface area contributed by atoms with Gasteiger partial charge in [0.25, 0.3) is 0 Å². The van der Waals surface area contributed by atoms with Crippen molar-refractivity contribution in [3.63, 3.8) is 0 Å². The highest BCUT2D eigenvalue weighted by Crippen LogP contribution is 2.77. The lowest BCUT2D eigenvalue weighted by Crippen LogP contribution is -2.66. The maximum atomic E-state index is 13.2. The highest BCUT2D eigenvalue weighted by Gasteiger charge is 2.70. The second-order valence-electron chi connectivity index (χ2n) is 19.4. The van der Waals surface area contributed by atoms with E-state index in [-0.39, 0.29) is 35.7 Å². The number of rotatable bonds is 10. The first kappa shape index (κ1) is 33.8. The molecule has 0 saturated heterocycles. The van der Waals surface area contributed by atoms with Gasteiger partial charge in [-0.25, -0.2) is 0 Å². The molecule has 1 N–H and O–H groups in total. The zero-order chi connectivity index (χ0) is 32.6. The topological polar surface area (TPSA) is 66.8 Å². The van der Waals surface area contributed by atoms with E-state index in [0.29, 0.717) is 22.2 Å². The molecule has 6 aliphatic carbocycles. The molecule has 0 radical (unpaired) electrons. The van der Waals surface area contributed by atoms with Crippen LogP contribution < -0.4 is 0 Å². The SMILES string of the molecule is CCN(CC[C@]12CCC[C@@H]1[C@H]1CCC3[C@@]4(C)CC[C@H](OC(=O)CC(C)(C)CC(=O)O)C(C)(C)C4CC[C@@]3(C)[C@]1(C)CC2)C1CC1. The first-order valence-corrected chi connectivity index (χ1v) is 19.2. The van der Waals surface area contributed by atoms with Gasteiger partial charge in [-0.05, 0) is 147 Å². The molecule has 45 heavy (non-hydrogen) atoms. The van der Waals surface area contributed by atoms with Crippen molar-refractivity contribution in [1.29, 1.82) is 0 Å². The Balaban J connectivity index is 1.18. The van der Waals surface area contributed by atoms with E-state index >= 15 is 0 Å². The van der Waals surface area contributed by atoms with Crippen LogP contribution in [0, 0.1) is 56.2 Å². The fourth-order valence-electron chi connectivity index (χ4n) is 13.8. The van der Waals surface area contributed by atoms with Crippen molar-refractivity contribution in [2.75, 3.05) is 13.1 Å². The number of aliphatic carboxylic acids is 1. The average Bonchev–Trinajstić information content (AvgIpc) is 3.68. The van der Waals surface area contributed by atoms with E-state index in [1.165, 1.54) is 90.1 Å². The first-order valence-electron chi connectivity index (χ1n) is 19.2. The van der Waals surface area contributed by atoms with Gasteiger partial charge in [-0.1, -0.05) is 61.8 Å². The Bertz CT molecular complexity index is 1140. The molecule has 0 aromatic carbocycles. The highest BCUT2D eigenvalue weighted by atomic mass is 16.5. The average molecular weight is 626 g/mol. The van der Waals surface area contributed by atoms with Crippen LogP contribution in [0.25, 0.3) is 0 Å². The standard InChI is InChI=1S/C40H67NO4/c1-9-41(27-12-13-27)24-23-40-18-10-11-29(40)28-14-15-31-37(6)19-17-32(45-34(44)26-35(2,3)25-33(42)43)36(4,5)30(37)16-20-39(31,8)38(28,7)21-22-40/h27-32H,9-26H2,1-8H3,(H,42,43)/t28-,29-,30?,31?,32+,37+,38-,39-,40-/m1/s1. The number of carbonyl (C=O) groups excluding carboxylic acids is 1. The molecule has 0 spiro atoms. The van der Waals surface area contributed by atoms with Gasteiger partial charge < -0.3 is 14.7 Å². The maximum absolute atomic E-state index is 13.2. The van der Waals surface area contributed by atoms with E-state index in [4.69, 9.17) is 4.74 Å². The Morgan fingerprint density at radius 1 is 0.800 bits per heavy atom. The number of carboxylic acid groups (broad SMARTS) is 1. The number of hydrogen-bond donors (Lipinski definition) is 1. The van der Waals surface area contributed by atoms with Crippen LogP contribution >= 0.6 is 0 Å². The third kappa shape index (κ3) is 5.53. The second kappa shape index (κ2) is 11.5. The molecule has 0 amide bonds. The van der Waals surface area contributed by atoms with Crippen LogP contribution in [0.1, 0.15) is 158 Å². The molecule has 6 rings (SSSR count). The molecule has 5 nitrogen and oxygen atoms in total. The molecule has 2 unspecified atom stereocenters. The van der Waals surface area contributed by atoms with Crippen molar-refractivity contribution in [3.05, 3.63) is 0 Å². The lowest BCUT2D eigenvalue weighted by atomic mass is 9.32. The molecule has 0 bridgehead atoms. The van der Waals surface area contributed by atoms with Crippen LogP contribution in [0.5, 0.6) is 0 Å². The van der Waals surface area contributed by atoms with Crippen molar-refractivity contribution in [1.82, 2.24) is 4.90 Å². The lowest BCUT2D eigenvalue weighted by Gasteiger charge is -2.72. The number of carboxylic acids is 1. The summed E-state index contributed by atoms with van der Waals surface area (Å²) in [6.45, 7) is 21.5. The van der Waals surface area contributed by atoms with Crippen molar-refractivity contribution in [2.45, 2.75) is 170 Å². The van der Waals surface area contributed by atoms with E-state index in [2.05, 4.69) is 46.4 Å². The predicted molar refractivity (Wildman–Crippen MR) is 181 cm³/mol. The Hall–Kier alpha value is -1.10. The van der Waals surface area contributed by atoms with Crippen LogP contribution in [0.3, 0.4) is 0 Å². The van der Waals surface area contributed by atoms with Crippen molar-refractivity contribution < 1.29 is 19.4 Å². The number of esters is 1. The highest BCUT2D eigenvalue weighted by molar-refractivity contribution is 5.73. The summed E-state index contributed by atoms with van der Waals surface area (Å²) in [4.78, 5) is 27.3. The molecule has 0 aliphatic heterocycles. The summed E-state index contributed by atoms with van der Waals surface area (Å²) in [5, 5.41) is 9.31. The fraction of sp³-hybridized carbons (Fsp3) is 0.950. The van der Waals surface area contributed by atoms with Gasteiger partial charge in [0.15, 0.2) is 0 Å². The third-order valence-corrected chi connectivity index (χ3v) is 16.4. The normalized spacial score (nSPS) is 44.0. The summed E-state index contributed by atoms with van der Waals surface area (Å²) in [7, 11) is 0. The van der Waals surface area contributed by atoms with E-state index < -0.39 is 11.4 Å². The minimum atomic E-state index is -0.858. The monoisotopic (exact) mass is 626 g/mol. The Morgan fingerprint density at radius 2 is 1.53 bits per heavy atom. The van der Waals surface area contributed by atoms with Crippen LogP contribution in [0.15, 0.2) is 0 Å². The van der Waals surface area contributed by atoms with Crippen molar-refractivity contribution in [3.8, 4) is 0 Å². The summed E-state index contributed by atoms with van der Waals surface area (Å²) in [5.74, 6) is 2.00. The van der Waals surface area contributed by atoms with E-state index in [0.717, 1.165) is 36.6 Å². The van der Waals surface area contributed by atoms with E-state index in [9.17, 15) is 14.7 Å². The summed E-state index contributed by atoms with van der Waals surface area (Å²) in [6.07, 6.45) is 19.0. The summed E-state index contributed by atoms with van der Waals surface area (Å²) < 4.78 is 6.27. The Morgan fingerprint density at radius 3 is 2.20 bits per heavy atom. The smallest absolute Gasteiger partial charge is 0.306 e. The molecule has 0 aromatic heterocycles. The van der Waals surface area contributed by atoms with Gasteiger partial charge in [-0.2, -0.15) is 0 Å². The number of fused-ring (bicyclic) bond motifs is 7. The fourth-order valence-corrected chi connectivity index (χ4v) is 13.8. The van der Waals surface area contributed by atoms with Gasteiger partial charge in [-0.3, -0.25) is 9.59 Å². The zero-order valence-electron chi connectivity index (χ0n) is 30.3. The number of carbonyl (C=O) groups is 2. The second-order valence-corrected chi connectivity index (χ2v) is 19.4. The van der Waals surface area contributed by atoms with Crippen LogP contribution in [0.2, 0.25) is 0 Å². The van der Waals surface area contributed by atoms with Crippen molar-refractivity contribution >= 4 is 11.9 Å². The molecule has 0 heterocycles. The number of hydrogen-bond acceptors (Lipinski definition) is 4. The first-order chi connectivity index (χ1) is 21.0. The molecule has 0 aromatic rings. The maximum Gasteiger partial charge on any atom is 0.306 e. The van der Waals surface area contributed by atoms with Gasteiger partial charge in [-0.15, -0.1) is 0 Å². The Labute approximate surface area is 275 Å². The van der Waals surface area contributed by atoms with Crippen molar-refractivity contribution in [2.24, 2.45) is 56.2 Å². The molecule has 256 valence electrons. The summed E-state index contributed by atoms with van der Waals surface area (Å²) in [5.41, 5.74) is 0.983. The molecule has 6 aliphatic rings. The summed E-state index contributed by atoms with van der Waals surface area (Å²) in [6, 6.07) is 0.886. The molecular formula is C40H67NO4. The number of ether oxygens (including phenoxy) is 1. The van der Waals surface area contributed by atoms with Gasteiger partial charge in [0.05, 0.1) is 12.8 Å². The Kier molecular flexibility index (Phi) is 8.64. The minimum Gasteiger partial charge on any atom is -0.481 e. The summed E-state index contributed by atoms with van der Waals surface area (Å²) >= 11 is 0. The van der Waals surface area contributed by atoms with Crippen LogP contribution in [0.4, 0.5) is 0 Å². The van der Waals surface area contributed by atoms with Gasteiger partial charge in [0, 0.05) is 11.5 Å². The lowest BCUT2D eigenvalue weighted by molar-refractivity contribution is -0.249. The predicted octanol–water partition coefficient (Wildman–Crippen LogP) is 9.52. The van der Waals surface area contributed by atoms with Gasteiger partial charge >= 0.3 is 11.9 Å². The third-order valence-electron chi connectivity index (χ3n) is 16.4. The molecule has 6 fully saturated rings.